The van der Waals surface area contributed by atoms with Crippen LogP contribution in [0.2, 0.25) is 0 Å². The molecule has 0 saturated carbocycles. The fraction of sp³-hybridized carbons (Fsp3) is 0.316. The molecule has 5 heteroatoms. The number of aryl methyl sites for hydroxylation is 1. The fourth-order valence-electron chi connectivity index (χ4n) is 2.25. The first-order chi connectivity index (χ1) is 11.6. The molecule has 0 fully saturated rings. The second kappa shape index (κ2) is 9.55. The Bertz CT molecular complexity index is 661. The van der Waals surface area contributed by atoms with Gasteiger partial charge >= 0.3 is 6.03 Å². The zero-order valence-electron chi connectivity index (χ0n) is 13.8. The number of hydrogen-bond donors (Lipinski definition) is 2. The number of rotatable bonds is 8. The highest BCUT2D eigenvalue weighted by atomic mass is 19.1. The standard InChI is InChI=1S/C19H23FN2O2/c1-15-6-2-3-9-18(15)24-13-5-11-21-19(23)22-12-10-16-7-4-8-17(20)14-16/h2-4,6-9,14H,5,10-13H2,1H3,(H2,21,22,23). The lowest BCUT2D eigenvalue weighted by Crippen LogP contribution is -2.37. The number of para-hydroxylation sites is 1. The maximum Gasteiger partial charge on any atom is 0.314 e. The van der Waals surface area contributed by atoms with Gasteiger partial charge in [0.05, 0.1) is 6.61 Å². The molecule has 0 aliphatic rings. The average molecular weight is 330 g/mol. The monoisotopic (exact) mass is 330 g/mol. The highest BCUT2D eigenvalue weighted by molar-refractivity contribution is 5.73. The number of ether oxygens (including phenoxy) is 1. The molecule has 0 saturated heterocycles. The molecule has 2 rings (SSSR count). The summed E-state index contributed by atoms with van der Waals surface area (Å²) in [6.45, 7) is 3.56. The summed E-state index contributed by atoms with van der Waals surface area (Å²) >= 11 is 0. The van der Waals surface area contributed by atoms with Crippen LogP contribution in [0.4, 0.5) is 9.18 Å². The van der Waals surface area contributed by atoms with E-state index in [0.717, 1.165) is 23.3 Å². The summed E-state index contributed by atoms with van der Waals surface area (Å²) in [5.41, 5.74) is 1.96. The maximum atomic E-state index is 13.0. The van der Waals surface area contributed by atoms with Crippen molar-refractivity contribution in [1.29, 1.82) is 0 Å². The Morgan fingerprint density at radius 1 is 1.08 bits per heavy atom. The summed E-state index contributed by atoms with van der Waals surface area (Å²) in [5.74, 6) is 0.614. The maximum absolute atomic E-state index is 13.0. The van der Waals surface area contributed by atoms with Crippen molar-refractivity contribution < 1.29 is 13.9 Å². The van der Waals surface area contributed by atoms with E-state index < -0.39 is 0 Å². The Hall–Kier alpha value is -2.56. The highest BCUT2D eigenvalue weighted by Crippen LogP contribution is 2.15. The number of nitrogens with one attached hydrogen (secondary N) is 2. The van der Waals surface area contributed by atoms with Gasteiger partial charge in [-0.3, -0.25) is 0 Å². The van der Waals surface area contributed by atoms with E-state index in [1.165, 1.54) is 12.1 Å². The predicted molar refractivity (Wildman–Crippen MR) is 92.8 cm³/mol. The first kappa shape index (κ1) is 17.8. The molecule has 0 aromatic heterocycles. The lowest BCUT2D eigenvalue weighted by Gasteiger charge is -2.10. The van der Waals surface area contributed by atoms with Crippen molar-refractivity contribution in [2.24, 2.45) is 0 Å². The Morgan fingerprint density at radius 3 is 2.67 bits per heavy atom. The second-order valence-corrected chi connectivity index (χ2v) is 5.53. The number of carbonyl (C=O) groups excluding carboxylic acids is 1. The van der Waals surface area contributed by atoms with E-state index in [1.54, 1.807) is 6.07 Å². The summed E-state index contributed by atoms with van der Waals surface area (Å²) in [4.78, 5) is 11.7. The lowest BCUT2D eigenvalue weighted by molar-refractivity contribution is 0.239. The molecule has 0 bridgehead atoms. The van der Waals surface area contributed by atoms with Crippen LogP contribution in [-0.2, 0) is 6.42 Å². The number of amides is 2. The van der Waals surface area contributed by atoms with Crippen molar-refractivity contribution >= 4 is 6.03 Å². The van der Waals surface area contributed by atoms with Gasteiger partial charge in [0.2, 0.25) is 0 Å². The minimum atomic E-state index is -0.259. The molecule has 2 amide bonds. The summed E-state index contributed by atoms with van der Waals surface area (Å²) in [7, 11) is 0. The van der Waals surface area contributed by atoms with Crippen LogP contribution in [0, 0.1) is 12.7 Å². The van der Waals surface area contributed by atoms with Gasteiger partial charge in [0.25, 0.3) is 0 Å². The molecule has 2 aromatic rings. The van der Waals surface area contributed by atoms with Crippen molar-refractivity contribution in [3.8, 4) is 5.75 Å². The number of carbonyl (C=O) groups is 1. The first-order valence-corrected chi connectivity index (χ1v) is 8.10. The molecule has 0 spiro atoms. The molecule has 0 atom stereocenters. The molecule has 0 aliphatic heterocycles. The minimum absolute atomic E-state index is 0.220. The van der Waals surface area contributed by atoms with Gasteiger partial charge in [-0.05, 0) is 49.1 Å². The Morgan fingerprint density at radius 2 is 1.88 bits per heavy atom. The zero-order valence-corrected chi connectivity index (χ0v) is 13.8. The molecule has 0 radical (unpaired) electrons. The summed E-state index contributed by atoms with van der Waals surface area (Å²) in [5, 5.41) is 5.53. The third kappa shape index (κ3) is 6.28. The van der Waals surface area contributed by atoms with E-state index in [4.69, 9.17) is 4.74 Å². The third-order valence-electron chi connectivity index (χ3n) is 3.55. The fourth-order valence-corrected chi connectivity index (χ4v) is 2.25. The summed E-state index contributed by atoms with van der Waals surface area (Å²) < 4.78 is 18.7. The first-order valence-electron chi connectivity index (χ1n) is 8.10. The van der Waals surface area contributed by atoms with Crippen LogP contribution in [0.25, 0.3) is 0 Å². The molecular formula is C19H23FN2O2. The smallest absolute Gasteiger partial charge is 0.314 e. The van der Waals surface area contributed by atoms with Gasteiger partial charge in [0.1, 0.15) is 11.6 Å². The molecule has 0 heterocycles. The van der Waals surface area contributed by atoms with Crippen LogP contribution in [0.1, 0.15) is 17.5 Å². The van der Waals surface area contributed by atoms with Gasteiger partial charge in [-0.2, -0.15) is 0 Å². The van der Waals surface area contributed by atoms with Crippen molar-refractivity contribution in [2.45, 2.75) is 19.8 Å². The average Bonchev–Trinajstić information content (AvgIpc) is 2.56. The van der Waals surface area contributed by atoms with Crippen LogP contribution in [0.3, 0.4) is 0 Å². The zero-order chi connectivity index (χ0) is 17.2. The van der Waals surface area contributed by atoms with Crippen LogP contribution >= 0.6 is 0 Å². The predicted octanol–water partition coefficient (Wildman–Crippen LogP) is 3.44. The minimum Gasteiger partial charge on any atom is -0.493 e. The van der Waals surface area contributed by atoms with E-state index in [1.807, 2.05) is 37.3 Å². The van der Waals surface area contributed by atoms with Crippen molar-refractivity contribution in [3.05, 3.63) is 65.5 Å². The van der Waals surface area contributed by atoms with Crippen LogP contribution in [0.5, 0.6) is 5.75 Å². The van der Waals surface area contributed by atoms with Gasteiger partial charge in [-0.25, -0.2) is 9.18 Å². The summed E-state index contributed by atoms with van der Waals surface area (Å²) in [6.07, 6.45) is 1.33. The summed E-state index contributed by atoms with van der Waals surface area (Å²) in [6, 6.07) is 14.0. The topological polar surface area (TPSA) is 50.4 Å². The molecule has 0 aliphatic carbocycles. The number of halogens is 1. The molecular weight excluding hydrogens is 307 g/mol. The highest BCUT2D eigenvalue weighted by Gasteiger charge is 2.01. The van der Waals surface area contributed by atoms with Crippen molar-refractivity contribution in [1.82, 2.24) is 10.6 Å². The van der Waals surface area contributed by atoms with Crippen LogP contribution in [0.15, 0.2) is 48.5 Å². The number of urea groups is 1. The molecule has 0 unspecified atom stereocenters. The number of benzene rings is 2. The van der Waals surface area contributed by atoms with E-state index >= 15 is 0 Å². The molecule has 2 aromatic carbocycles. The normalized spacial score (nSPS) is 10.2. The molecule has 128 valence electrons. The van der Waals surface area contributed by atoms with E-state index in [-0.39, 0.29) is 11.8 Å². The largest absolute Gasteiger partial charge is 0.493 e. The second-order valence-electron chi connectivity index (χ2n) is 5.53. The Labute approximate surface area is 142 Å². The lowest BCUT2D eigenvalue weighted by atomic mass is 10.1. The van der Waals surface area contributed by atoms with Gasteiger partial charge in [0.15, 0.2) is 0 Å². The molecule has 4 nitrogen and oxygen atoms in total. The van der Waals surface area contributed by atoms with E-state index in [2.05, 4.69) is 10.6 Å². The van der Waals surface area contributed by atoms with Gasteiger partial charge < -0.3 is 15.4 Å². The van der Waals surface area contributed by atoms with Gasteiger partial charge in [0, 0.05) is 13.1 Å². The quantitative estimate of drug-likeness (QED) is 0.729. The Kier molecular flexibility index (Phi) is 7.08. The molecule has 2 N–H and O–H groups in total. The number of hydrogen-bond acceptors (Lipinski definition) is 2. The van der Waals surface area contributed by atoms with Gasteiger partial charge in [-0.1, -0.05) is 30.3 Å². The van der Waals surface area contributed by atoms with E-state index in [9.17, 15) is 9.18 Å². The van der Waals surface area contributed by atoms with Crippen LogP contribution < -0.4 is 15.4 Å². The SMILES string of the molecule is Cc1ccccc1OCCCNC(=O)NCCc1cccc(F)c1. The molecule has 24 heavy (non-hydrogen) atoms. The van der Waals surface area contributed by atoms with E-state index in [0.29, 0.717) is 26.1 Å². The van der Waals surface area contributed by atoms with Gasteiger partial charge in [-0.15, -0.1) is 0 Å². The van der Waals surface area contributed by atoms with Crippen molar-refractivity contribution in [2.75, 3.05) is 19.7 Å². The van der Waals surface area contributed by atoms with Crippen LogP contribution in [-0.4, -0.2) is 25.7 Å². The Balaban J connectivity index is 1.54. The third-order valence-corrected chi connectivity index (χ3v) is 3.55. The van der Waals surface area contributed by atoms with Crippen molar-refractivity contribution in [3.63, 3.8) is 0 Å².